The van der Waals surface area contributed by atoms with Gasteiger partial charge >= 0.3 is 0 Å². The maximum atomic E-state index is 13.5. The zero-order valence-electron chi connectivity index (χ0n) is 21.9. The van der Waals surface area contributed by atoms with Gasteiger partial charge in [-0.15, -0.1) is 0 Å². The lowest BCUT2D eigenvalue weighted by atomic mass is 9.98. The van der Waals surface area contributed by atoms with Crippen LogP contribution in [0.1, 0.15) is 6.92 Å². The third-order valence-electron chi connectivity index (χ3n) is 7.18. The molecule has 5 rings (SSSR count). The highest BCUT2D eigenvalue weighted by molar-refractivity contribution is 5.88. The fourth-order valence-corrected chi connectivity index (χ4v) is 4.79. The molecule has 2 aliphatic heterocycles. The van der Waals surface area contributed by atoms with Gasteiger partial charge in [0.05, 0.1) is 12.7 Å². The van der Waals surface area contributed by atoms with Gasteiger partial charge in [0.2, 0.25) is 17.5 Å². The standard InChI is InChI=1S/C27H30O15/c1-9-17(31)20(34)22(36)26(39-9)38-8-15-18(32)21(35)23(37)27(41-15)42-25-19(33)16-13(30)6-12(29)7-14(16)40-24(25)10-2-4-11(28)5-3-10/h2-7,9,15,17-18,20-23,26-32,34-37H,8H2,1H3/t9-,15-,17-,18-,20+,21+,22+,23-,26+,27+/m1/s1. The van der Waals surface area contributed by atoms with E-state index in [1.54, 1.807) is 0 Å². The molecule has 0 spiro atoms. The van der Waals surface area contributed by atoms with Gasteiger partial charge in [0, 0.05) is 17.7 Å². The van der Waals surface area contributed by atoms with Gasteiger partial charge in [0.15, 0.2) is 12.1 Å². The van der Waals surface area contributed by atoms with E-state index in [1.807, 2.05) is 0 Å². The summed E-state index contributed by atoms with van der Waals surface area (Å²) in [5, 5.41) is 91.4. The normalized spacial score (nSPS) is 33.5. The summed E-state index contributed by atoms with van der Waals surface area (Å²) in [6.45, 7) is 0.866. The van der Waals surface area contributed by atoms with E-state index in [0.717, 1.165) is 12.1 Å². The Kier molecular flexibility index (Phi) is 8.30. The van der Waals surface area contributed by atoms with Crippen LogP contribution in [0.2, 0.25) is 0 Å². The van der Waals surface area contributed by atoms with Gasteiger partial charge in [-0.05, 0) is 31.2 Å². The highest BCUT2D eigenvalue weighted by atomic mass is 16.7. The Morgan fingerprint density at radius 1 is 0.762 bits per heavy atom. The number of phenols is 3. The number of benzene rings is 2. The molecule has 228 valence electrons. The molecule has 15 heteroatoms. The molecule has 9 N–H and O–H groups in total. The molecule has 15 nitrogen and oxygen atoms in total. The number of aliphatic hydroxyl groups is 6. The second kappa shape index (κ2) is 11.6. The molecular formula is C27H30O15. The van der Waals surface area contributed by atoms with E-state index >= 15 is 0 Å². The number of ether oxygens (including phenoxy) is 4. The average Bonchev–Trinajstić information content (AvgIpc) is 2.95. The molecule has 3 aromatic rings. The lowest BCUT2D eigenvalue weighted by Gasteiger charge is -2.42. The summed E-state index contributed by atoms with van der Waals surface area (Å²) in [6.07, 6.45) is -15.8. The molecule has 2 aromatic carbocycles. The third-order valence-corrected chi connectivity index (χ3v) is 7.18. The lowest BCUT2D eigenvalue weighted by Crippen LogP contribution is -2.61. The number of hydrogen-bond donors (Lipinski definition) is 9. The van der Waals surface area contributed by atoms with Gasteiger partial charge in [0.1, 0.15) is 70.9 Å². The molecule has 0 radical (unpaired) electrons. The molecule has 0 amide bonds. The lowest BCUT2D eigenvalue weighted by molar-refractivity contribution is -0.318. The quantitative estimate of drug-likeness (QED) is 0.159. The topological polar surface area (TPSA) is 249 Å². The predicted molar refractivity (Wildman–Crippen MR) is 139 cm³/mol. The largest absolute Gasteiger partial charge is 0.508 e. The van der Waals surface area contributed by atoms with Crippen LogP contribution in [0.3, 0.4) is 0 Å². The van der Waals surface area contributed by atoms with Crippen LogP contribution in [0.4, 0.5) is 0 Å². The third kappa shape index (κ3) is 5.49. The average molecular weight is 595 g/mol. The molecule has 0 saturated carbocycles. The maximum absolute atomic E-state index is 13.5. The first-order valence-electron chi connectivity index (χ1n) is 12.9. The highest BCUT2D eigenvalue weighted by Crippen LogP contribution is 2.37. The van der Waals surface area contributed by atoms with E-state index < -0.39 is 90.7 Å². The minimum absolute atomic E-state index is 0.103. The SMILES string of the molecule is C[C@H]1O[C@H](OC[C@H]2O[C@@H](Oc3c(-c4ccc(O)cc4)oc4cc(O)cc(O)c4c3=O)[C@H](O)[C@@H](O)[C@@H]2O)[C@@H](O)[C@@H](O)[C@@H]1O. The summed E-state index contributed by atoms with van der Waals surface area (Å²) in [6, 6.07) is 7.33. The second-order valence-corrected chi connectivity index (χ2v) is 10.1. The summed E-state index contributed by atoms with van der Waals surface area (Å²) in [5.41, 5.74) is -0.956. The smallest absolute Gasteiger partial charge is 0.239 e. The molecule has 10 atom stereocenters. The molecule has 3 heterocycles. The van der Waals surface area contributed by atoms with Crippen molar-refractivity contribution in [1.82, 2.24) is 0 Å². The highest BCUT2D eigenvalue weighted by Gasteiger charge is 2.47. The van der Waals surface area contributed by atoms with Crippen molar-refractivity contribution in [3.63, 3.8) is 0 Å². The van der Waals surface area contributed by atoms with Crippen molar-refractivity contribution in [1.29, 1.82) is 0 Å². The molecule has 42 heavy (non-hydrogen) atoms. The first-order valence-corrected chi connectivity index (χ1v) is 12.9. The molecule has 2 aliphatic rings. The van der Waals surface area contributed by atoms with Crippen molar-refractivity contribution < 1.29 is 69.3 Å². The monoisotopic (exact) mass is 594 g/mol. The van der Waals surface area contributed by atoms with Crippen molar-refractivity contribution in [3.05, 3.63) is 46.6 Å². The Bertz CT molecular complexity index is 1470. The predicted octanol–water partition coefficient (Wildman–Crippen LogP) is -1.39. The van der Waals surface area contributed by atoms with E-state index in [2.05, 4.69) is 0 Å². The minimum Gasteiger partial charge on any atom is -0.508 e. The van der Waals surface area contributed by atoms with Gasteiger partial charge in [-0.1, -0.05) is 0 Å². The van der Waals surface area contributed by atoms with E-state index in [4.69, 9.17) is 23.4 Å². The summed E-state index contributed by atoms with van der Waals surface area (Å²) >= 11 is 0. The minimum atomic E-state index is -1.92. The van der Waals surface area contributed by atoms with Crippen LogP contribution in [-0.4, -0.2) is 114 Å². The van der Waals surface area contributed by atoms with Crippen LogP contribution in [0.15, 0.2) is 45.6 Å². The molecule has 0 unspecified atom stereocenters. The first kappa shape index (κ1) is 30.0. The first-order chi connectivity index (χ1) is 19.9. The van der Waals surface area contributed by atoms with E-state index in [0.29, 0.717) is 0 Å². The van der Waals surface area contributed by atoms with Gasteiger partial charge < -0.3 is 69.3 Å². The molecule has 2 fully saturated rings. The number of hydrogen-bond acceptors (Lipinski definition) is 15. The van der Waals surface area contributed by atoms with Crippen LogP contribution in [0.25, 0.3) is 22.3 Å². The van der Waals surface area contributed by atoms with E-state index in [-0.39, 0.29) is 28.0 Å². The van der Waals surface area contributed by atoms with Crippen LogP contribution < -0.4 is 10.2 Å². The van der Waals surface area contributed by atoms with Gasteiger partial charge in [-0.3, -0.25) is 4.79 Å². The Morgan fingerprint density at radius 3 is 2.10 bits per heavy atom. The molecular weight excluding hydrogens is 564 g/mol. The summed E-state index contributed by atoms with van der Waals surface area (Å²) in [5.74, 6) is -1.97. The number of aliphatic hydroxyl groups excluding tert-OH is 6. The zero-order chi connectivity index (χ0) is 30.5. The summed E-state index contributed by atoms with van der Waals surface area (Å²) in [7, 11) is 0. The van der Waals surface area contributed by atoms with Crippen molar-refractivity contribution in [3.8, 4) is 34.3 Å². The Morgan fingerprint density at radius 2 is 1.40 bits per heavy atom. The van der Waals surface area contributed by atoms with Gasteiger partial charge in [-0.2, -0.15) is 0 Å². The maximum Gasteiger partial charge on any atom is 0.239 e. The Hall–Kier alpha value is -3.51. The van der Waals surface area contributed by atoms with Crippen molar-refractivity contribution in [2.24, 2.45) is 0 Å². The van der Waals surface area contributed by atoms with Gasteiger partial charge in [-0.25, -0.2) is 0 Å². The summed E-state index contributed by atoms with van der Waals surface area (Å²) < 4.78 is 28.0. The zero-order valence-corrected chi connectivity index (χ0v) is 21.9. The number of aromatic hydroxyl groups is 3. The molecule has 0 bridgehead atoms. The number of fused-ring (bicyclic) bond motifs is 1. The van der Waals surface area contributed by atoms with Gasteiger partial charge in [0.25, 0.3) is 0 Å². The van der Waals surface area contributed by atoms with Crippen LogP contribution in [-0.2, 0) is 14.2 Å². The van der Waals surface area contributed by atoms with Crippen molar-refractivity contribution >= 4 is 11.0 Å². The summed E-state index contributed by atoms with van der Waals surface area (Å²) in [4.78, 5) is 13.5. The van der Waals surface area contributed by atoms with Crippen molar-refractivity contribution in [2.45, 2.75) is 68.3 Å². The van der Waals surface area contributed by atoms with Crippen LogP contribution in [0.5, 0.6) is 23.0 Å². The molecule has 1 aromatic heterocycles. The van der Waals surface area contributed by atoms with E-state index in [1.165, 1.54) is 31.2 Å². The van der Waals surface area contributed by atoms with Crippen LogP contribution >= 0.6 is 0 Å². The molecule has 0 aliphatic carbocycles. The van der Waals surface area contributed by atoms with Crippen molar-refractivity contribution in [2.75, 3.05) is 6.61 Å². The fraction of sp³-hybridized carbons (Fsp3) is 0.444. The number of rotatable bonds is 6. The molecule has 2 saturated heterocycles. The number of phenolic OH excluding ortho intramolecular Hbond substituents is 3. The van der Waals surface area contributed by atoms with E-state index in [9.17, 15) is 50.8 Å². The van der Waals surface area contributed by atoms with Crippen LogP contribution in [0, 0.1) is 0 Å². The fourth-order valence-electron chi connectivity index (χ4n) is 4.79. The Labute approximate surface area is 236 Å². The second-order valence-electron chi connectivity index (χ2n) is 10.1. The Balaban J connectivity index is 1.46.